The molecule has 1 aliphatic heterocycles. The van der Waals surface area contributed by atoms with Crippen LogP contribution in [0.5, 0.6) is 0 Å². The van der Waals surface area contributed by atoms with Gasteiger partial charge in [-0.15, -0.1) is 0 Å². The lowest BCUT2D eigenvalue weighted by molar-refractivity contribution is -0.129. The third kappa shape index (κ3) is 4.30. The van der Waals surface area contributed by atoms with Gasteiger partial charge in [0.15, 0.2) is 0 Å². The van der Waals surface area contributed by atoms with E-state index in [0.717, 1.165) is 54.6 Å². The molecule has 2 aliphatic rings. The summed E-state index contributed by atoms with van der Waals surface area (Å²) < 4.78 is 0. The van der Waals surface area contributed by atoms with Crippen LogP contribution in [-0.4, -0.2) is 49.3 Å². The number of carbonyl (C=O) groups excluding carboxylic acids is 2. The zero-order valence-corrected chi connectivity index (χ0v) is 16.5. The number of carbonyl (C=O) groups is 2. The van der Waals surface area contributed by atoms with Crippen LogP contribution in [0.15, 0.2) is 42.5 Å². The van der Waals surface area contributed by atoms with Crippen LogP contribution in [0.3, 0.4) is 0 Å². The Balaban J connectivity index is 1.28. The summed E-state index contributed by atoms with van der Waals surface area (Å²) in [5.41, 5.74) is 4.42. The average molecular weight is 398 g/mol. The van der Waals surface area contributed by atoms with E-state index in [2.05, 4.69) is 16.3 Å². The predicted octanol–water partition coefficient (Wildman–Crippen LogP) is 3.16. The maximum atomic E-state index is 12.6. The van der Waals surface area contributed by atoms with E-state index in [1.54, 1.807) is 0 Å². The summed E-state index contributed by atoms with van der Waals surface area (Å²) in [7, 11) is 0. The minimum Gasteiger partial charge on any atom is -0.376 e. The quantitative estimate of drug-likeness (QED) is 0.861. The number of nitrogens with zero attached hydrogens (tertiary/aromatic N) is 2. The summed E-state index contributed by atoms with van der Waals surface area (Å²) in [5.74, 6) is 0.421. The Morgan fingerprint density at radius 3 is 2.46 bits per heavy atom. The van der Waals surface area contributed by atoms with Crippen LogP contribution in [0, 0.1) is 0 Å². The first-order chi connectivity index (χ1) is 13.6. The molecule has 5 nitrogen and oxygen atoms in total. The molecule has 1 heterocycles. The van der Waals surface area contributed by atoms with Gasteiger partial charge in [0, 0.05) is 55.4 Å². The second kappa shape index (κ2) is 8.23. The van der Waals surface area contributed by atoms with Gasteiger partial charge in [-0.25, -0.2) is 0 Å². The van der Waals surface area contributed by atoms with Gasteiger partial charge in [0.1, 0.15) is 5.78 Å². The number of aryl methyl sites for hydroxylation is 1. The number of benzene rings is 2. The van der Waals surface area contributed by atoms with Crippen LogP contribution < -0.4 is 10.2 Å². The Bertz CT molecular complexity index is 874. The standard InChI is InChI=1S/C22H24ClN3O2/c23-18-3-6-20(7-4-18)25-9-11-26(12-10-25)22(28)15-24-19-5-1-17-14-21(27)8-2-16(17)13-19/h1,3-7,13,24H,2,8-12,14-15H2. The summed E-state index contributed by atoms with van der Waals surface area (Å²) in [6.07, 6.45) is 1.95. The number of piperazine rings is 1. The van der Waals surface area contributed by atoms with Crippen molar-refractivity contribution >= 4 is 34.7 Å². The molecule has 0 saturated carbocycles. The molecule has 2 aromatic rings. The van der Waals surface area contributed by atoms with Crippen molar-refractivity contribution in [3.05, 3.63) is 58.6 Å². The number of fused-ring (bicyclic) bond motifs is 1. The van der Waals surface area contributed by atoms with Crippen molar-refractivity contribution in [2.45, 2.75) is 19.3 Å². The zero-order chi connectivity index (χ0) is 19.5. The lowest BCUT2D eigenvalue weighted by atomic mass is 9.90. The molecular weight excluding hydrogens is 374 g/mol. The third-order valence-corrected chi connectivity index (χ3v) is 5.79. The molecule has 0 unspecified atom stereocenters. The van der Waals surface area contributed by atoms with Crippen molar-refractivity contribution in [2.75, 3.05) is 42.9 Å². The molecular formula is C22H24ClN3O2. The molecule has 1 fully saturated rings. The number of halogens is 1. The van der Waals surface area contributed by atoms with E-state index in [0.29, 0.717) is 25.2 Å². The molecule has 1 aliphatic carbocycles. The maximum absolute atomic E-state index is 12.6. The molecule has 2 aromatic carbocycles. The number of amides is 1. The van der Waals surface area contributed by atoms with Gasteiger partial charge >= 0.3 is 0 Å². The number of rotatable bonds is 4. The van der Waals surface area contributed by atoms with Crippen LogP contribution in [0.25, 0.3) is 0 Å². The SMILES string of the molecule is O=C1CCc2cc(NCC(=O)N3CCN(c4ccc(Cl)cc4)CC3)ccc2C1. The number of Topliss-reactive ketones (excluding diaryl/α,β-unsaturated/α-hetero) is 1. The fraction of sp³-hybridized carbons (Fsp3) is 0.364. The number of anilines is 2. The van der Waals surface area contributed by atoms with Crippen LogP contribution in [0.1, 0.15) is 17.5 Å². The minimum absolute atomic E-state index is 0.114. The third-order valence-electron chi connectivity index (χ3n) is 5.53. The van der Waals surface area contributed by atoms with Gasteiger partial charge in [-0.2, -0.15) is 0 Å². The monoisotopic (exact) mass is 397 g/mol. The van der Waals surface area contributed by atoms with Crippen LogP contribution in [-0.2, 0) is 22.4 Å². The van der Waals surface area contributed by atoms with E-state index in [1.807, 2.05) is 41.3 Å². The first-order valence-corrected chi connectivity index (χ1v) is 10.1. The number of nitrogens with one attached hydrogen (secondary N) is 1. The summed E-state index contributed by atoms with van der Waals surface area (Å²) >= 11 is 5.95. The van der Waals surface area contributed by atoms with Gasteiger partial charge in [0.25, 0.3) is 0 Å². The fourth-order valence-electron chi connectivity index (χ4n) is 3.87. The van der Waals surface area contributed by atoms with Crippen molar-refractivity contribution < 1.29 is 9.59 Å². The Morgan fingerprint density at radius 2 is 1.71 bits per heavy atom. The molecule has 0 bridgehead atoms. The molecule has 1 amide bonds. The number of hydrogen-bond acceptors (Lipinski definition) is 4. The molecule has 0 aromatic heterocycles. The smallest absolute Gasteiger partial charge is 0.241 e. The summed E-state index contributed by atoms with van der Waals surface area (Å²) in [6, 6.07) is 13.9. The van der Waals surface area contributed by atoms with Crippen LogP contribution in [0.2, 0.25) is 5.02 Å². The first kappa shape index (κ1) is 18.8. The number of ketones is 1. The minimum atomic E-state index is 0.114. The van der Waals surface area contributed by atoms with Gasteiger partial charge < -0.3 is 15.1 Å². The lowest BCUT2D eigenvalue weighted by Crippen LogP contribution is -2.50. The topological polar surface area (TPSA) is 52.7 Å². The van der Waals surface area contributed by atoms with Crippen molar-refractivity contribution in [3.8, 4) is 0 Å². The van der Waals surface area contributed by atoms with E-state index >= 15 is 0 Å². The maximum Gasteiger partial charge on any atom is 0.241 e. The molecule has 6 heteroatoms. The van der Waals surface area contributed by atoms with Crippen LogP contribution in [0.4, 0.5) is 11.4 Å². The number of hydrogen-bond donors (Lipinski definition) is 1. The lowest BCUT2D eigenvalue weighted by Gasteiger charge is -2.36. The molecule has 0 spiro atoms. The van der Waals surface area contributed by atoms with Crippen molar-refractivity contribution in [1.29, 1.82) is 0 Å². The van der Waals surface area contributed by atoms with Gasteiger partial charge in [-0.05, 0) is 53.9 Å². The highest BCUT2D eigenvalue weighted by Crippen LogP contribution is 2.23. The second-order valence-corrected chi connectivity index (χ2v) is 7.83. The van der Waals surface area contributed by atoms with Crippen molar-refractivity contribution in [3.63, 3.8) is 0 Å². The van der Waals surface area contributed by atoms with E-state index in [9.17, 15) is 9.59 Å². The predicted molar refractivity (Wildman–Crippen MR) is 112 cm³/mol. The van der Waals surface area contributed by atoms with E-state index < -0.39 is 0 Å². The van der Waals surface area contributed by atoms with Crippen molar-refractivity contribution in [2.24, 2.45) is 0 Å². The first-order valence-electron chi connectivity index (χ1n) is 9.74. The second-order valence-electron chi connectivity index (χ2n) is 7.40. The van der Waals surface area contributed by atoms with Gasteiger partial charge in [0.2, 0.25) is 5.91 Å². The Labute approximate surface area is 170 Å². The zero-order valence-electron chi connectivity index (χ0n) is 15.8. The highest BCUT2D eigenvalue weighted by Gasteiger charge is 2.21. The molecule has 28 heavy (non-hydrogen) atoms. The molecule has 0 atom stereocenters. The largest absolute Gasteiger partial charge is 0.376 e. The molecule has 1 N–H and O–H groups in total. The fourth-order valence-corrected chi connectivity index (χ4v) is 4.00. The van der Waals surface area contributed by atoms with Gasteiger partial charge in [-0.1, -0.05) is 17.7 Å². The summed E-state index contributed by atoms with van der Waals surface area (Å²) in [5, 5.41) is 3.98. The van der Waals surface area contributed by atoms with E-state index in [4.69, 9.17) is 11.6 Å². The highest BCUT2D eigenvalue weighted by molar-refractivity contribution is 6.30. The molecule has 1 saturated heterocycles. The van der Waals surface area contributed by atoms with E-state index in [1.165, 1.54) is 5.56 Å². The van der Waals surface area contributed by atoms with E-state index in [-0.39, 0.29) is 5.91 Å². The average Bonchev–Trinajstić information content (AvgIpc) is 2.72. The Kier molecular flexibility index (Phi) is 5.53. The summed E-state index contributed by atoms with van der Waals surface area (Å²) in [6.45, 7) is 3.37. The van der Waals surface area contributed by atoms with Gasteiger partial charge in [0.05, 0.1) is 6.54 Å². The normalized spacial score (nSPS) is 16.7. The van der Waals surface area contributed by atoms with Crippen molar-refractivity contribution in [1.82, 2.24) is 4.90 Å². The molecule has 0 radical (unpaired) electrons. The van der Waals surface area contributed by atoms with Crippen LogP contribution >= 0.6 is 11.6 Å². The van der Waals surface area contributed by atoms with Gasteiger partial charge in [-0.3, -0.25) is 9.59 Å². The molecule has 4 rings (SSSR count). The molecule has 146 valence electrons. The Morgan fingerprint density at radius 1 is 0.964 bits per heavy atom. The summed E-state index contributed by atoms with van der Waals surface area (Å²) in [4.78, 5) is 28.3. The highest BCUT2D eigenvalue weighted by atomic mass is 35.5. The Hall–Kier alpha value is -2.53.